The molecular weight excluding hydrogens is 352 g/mol. The number of phenols is 2. The summed E-state index contributed by atoms with van der Waals surface area (Å²) in [6, 6.07) is 6.86. The molecule has 7 heteroatoms. The summed E-state index contributed by atoms with van der Waals surface area (Å²) in [6.07, 6.45) is 1.09. The highest BCUT2D eigenvalue weighted by Gasteiger charge is 2.30. The lowest BCUT2D eigenvalue weighted by Gasteiger charge is -2.19. The van der Waals surface area contributed by atoms with Crippen molar-refractivity contribution in [3.8, 4) is 34.5 Å². The number of hydrogen-bond acceptors (Lipinski definition) is 7. The van der Waals surface area contributed by atoms with Gasteiger partial charge in [-0.2, -0.15) is 0 Å². The van der Waals surface area contributed by atoms with Crippen molar-refractivity contribution in [3.05, 3.63) is 35.4 Å². The Bertz CT molecular complexity index is 770. The molecule has 0 radical (unpaired) electrons. The van der Waals surface area contributed by atoms with E-state index >= 15 is 0 Å². The second-order valence-corrected chi connectivity index (χ2v) is 6.24. The summed E-state index contributed by atoms with van der Waals surface area (Å²) in [4.78, 5) is 0. The van der Waals surface area contributed by atoms with E-state index in [2.05, 4.69) is 0 Å². The Morgan fingerprint density at radius 3 is 1.56 bits per heavy atom. The lowest BCUT2D eigenvalue weighted by Crippen LogP contribution is -2.02. The highest BCUT2D eigenvalue weighted by Crippen LogP contribution is 2.48. The van der Waals surface area contributed by atoms with Crippen LogP contribution in [-0.2, 0) is 4.74 Å². The number of hydrogen-bond donors (Lipinski definition) is 2. The van der Waals surface area contributed by atoms with Crippen LogP contribution < -0.4 is 18.9 Å². The molecule has 0 bridgehead atoms. The Balaban J connectivity index is 1.86. The standard InChI is InChI=1S/C20H24O7/c1-23-17-9-12(10-18(24-2)20(17)26-4)16-6-5-15(27-16)11-7-13(21)19(25-3)14(22)8-11/h7-10,15-16,21-22H,5-6H2,1-4H3/t15-,16+/m1/s1. The van der Waals surface area contributed by atoms with E-state index < -0.39 is 0 Å². The zero-order valence-electron chi connectivity index (χ0n) is 15.8. The molecule has 2 aromatic rings. The first-order chi connectivity index (χ1) is 13.0. The Kier molecular flexibility index (Phi) is 5.51. The number of benzene rings is 2. The van der Waals surface area contributed by atoms with Crippen molar-refractivity contribution in [2.75, 3.05) is 28.4 Å². The van der Waals surface area contributed by atoms with Crippen LogP contribution in [0.4, 0.5) is 0 Å². The largest absolute Gasteiger partial charge is 0.504 e. The average molecular weight is 376 g/mol. The Labute approximate surface area is 158 Å². The molecule has 0 unspecified atom stereocenters. The lowest BCUT2D eigenvalue weighted by atomic mass is 10.0. The summed E-state index contributed by atoms with van der Waals surface area (Å²) in [5.41, 5.74) is 1.61. The molecular formula is C20H24O7. The van der Waals surface area contributed by atoms with Gasteiger partial charge in [0.15, 0.2) is 23.0 Å². The van der Waals surface area contributed by atoms with Crippen LogP contribution >= 0.6 is 0 Å². The van der Waals surface area contributed by atoms with Crippen LogP contribution in [0.3, 0.4) is 0 Å². The van der Waals surface area contributed by atoms with E-state index in [1.165, 1.54) is 7.11 Å². The van der Waals surface area contributed by atoms with Crippen molar-refractivity contribution in [1.29, 1.82) is 0 Å². The lowest BCUT2D eigenvalue weighted by molar-refractivity contribution is 0.0435. The Morgan fingerprint density at radius 1 is 0.704 bits per heavy atom. The van der Waals surface area contributed by atoms with Crippen molar-refractivity contribution in [3.63, 3.8) is 0 Å². The Morgan fingerprint density at radius 2 is 1.15 bits per heavy atom. The SMILES string of the molecule is COc1cc([C@@H]2CC[C@H](c3cc(O)c(OC)c(O)c3)O2)cc(OC)c1OC. The van der Waals surface area contributed by atoms with E-state index in [9.17, 15) is 10.2 Å². The minimum Gasteiger partial charge on any atom is -0.504 e. The van der Waals surface area contributed by atoms with Crippen LogP contribution in [0, 0.1) is 0 Å². The predicted octanol–water partition coefficient (Wildman–Crippen LogP) is 3.73. The van der Waals surface area contributed by atoms with Gasteiger partial charge in [-0.3, -0.25) is 0 Å². The maximum atomic E-state index is 10.0. The first-order valence-electron chi connectivity index (χ1n) is 8.57. The summed E-state index contributed by atoms with van der Waals surface area (Å²) in [5.74, 6) is 1.48. The topological polar surface area (TPSA) is 86.6 Å². The van der Waals surface area contributed by atoms with Crippen molar-refractivity contribution >= 4 is 0 Å². The molecule has 2 atom stereocenters. The van der Waals surface area contributed by atoms with Gasteiger partial charge >= 0.3 is 0 Å². The molecule has 7 nitrogen and oxygen atoms in total. The molecule has 146 valence electrons. The van der Waals surface area contributed by atoms with Crippen LogP contribution in [0.5, 0.6) is 34.5 Å². The molecule has 27 heavy (non-hydrogen) atoms. The molecule has 0 spiro atoms. The molecule has 1 saturated heterocycles. The third-order valence-electron chi connectivity index (χ3n) is 4.73. The molecule has 2 N–H and O–H groups in total. The van der Waals surface area contributed by atoms with Crippen LogP contribution in [0.25, 0.3) is 0 Å². The monoisotopic (exact) mass is 376 g/mol. The van der Waals surface area contributed by atoms with Gasteiger partial charge in [-0.25, -0.2) is 0 Å². The molecule has 2 aromatic carbocycles. The van der Waals surface area contributed by atoms with Crippen molar-refractivity contribution in [2.24, 2.45) is 0 Å². The minimum atomic E-state index is -0.253. The summed E-state index contributed by atoms with van der Waals surface area (Å²) < 4.78 is 27.3. The van der Waals surface area contributed by atoms with Crippen LogP contribution in [0.1, 0.15) is 36.2 Å². The van der Waals surface area contributed by atoms with Crippen molar-refractivity contribution in [2.45, 2.75) is 25.0 Å². The second kappa shape index (κ2) is 7.84. The van der Waals surface area contributed by atoms with E-state index in [1.807, 2.05) is 12.1 Å². The third kappa shape index (κ3) is 3.55. The fourth-order valence-electron chi connectivity index (χ4n) is 3.43. The number of aromatic hydroxyl groups is 2. The molecule has 1 heterocycles. The fourth-order valence-corrected chi connectivity index (χ4v) is 3.43. The fraction of sp³-hybridized carbons (Fsp3) is 0.400. The van der Waals surface area contributed by atoms with Gasteiger partial charge in [0.2, 0.25) is 11.5 Å². The third-order valence-corrected chi connectivity index (χ3v) is 4.73. The van der Waals surface area contributed by atoms with Gasteiger partial charge in [0.25, 0.3) is 0 Å². The minimum absolute atomic E-state index is 0.0536. The molecule has 1 aliphatic rings. The first kappa shape index (κ1) is 19.0. The number of methoxy groups -OCH3 is 4. The van der Waals surface area contributed by atoms with Crippen molar-refractivity contribution < 1.29 is 33.9 Å². The molecule has 0 saturated carbocycles. The van der Waals surface area contributed by atoms with Crippen LogP contribution in [0.15, 0.2) is 24.3 Å². The molecule has 3 rings (SSSR count). The van der Waals surface area contributed by atoms with Gasteiger partial charge < -0.3 is 33.9 Å². The van der Waals surface area contributed by atoms with Gasteiger partial charge in [-0.15, -0.1) is 0 Å². The molecule has 0 amide bonds. The zero-order valence-corrected chi connectivity index (χ0v) is 15.8. The summed E-state index contributed by atoms with van der Waals surface area (Å²) >= 11 is 0. The molecule has 0 aromatic heterocycles. The van der Waals surface area contributed by atoms with E-state index in [1.54, 1.807) is 33.5 Å². The van der Waals surface area contributed by atoms with Crippen LogP contribution in [-0.4, -0.2) is 38.7 Å². The van der Waals surface area contributed by atoms with E-state index in [4.69, 9.17) is 23.7 Å². The highest BCUT2D eigenvalue weighted by molar-refractivity contribution is 5.55. The normalized spacial score (nSPS) is 19.0. The maximum absolute atomic E-state index is 10.0. The second-order valence-electron chi connectivity index (χ2n) is 6.24. The smallest absolute Gasteiger partial charge is 0.203 e. The van der Waals surface area contributed by atoms with Gasteiger partial charge in [-0.1, -0.05) is 0 Å². The van der Waals surface area contributed by atoms with Gasteiger partial charge in [0.05, 0.1) is 40.6 Å². The quantitative estimate of drug-likeness (QED) is 0.794. The van der Waals surface area contributed by atoms with Crippen molar-refractivity contribution in [1.82, 2.24) is 0 Å². The summed E-state index contributed by atoms with van der Waals surface area (Å²) in [6.45, 7) is 0. The maximum Gasteiger partial charge on any atom is 0.203 e. The van der Waals surface area contributed by atoms with E-state index in [-0.39, 0.29) is 29.5 Å². The van der Waals surface area contributed by atoms with Crippen LogP contribution in [0.2, 0.25) is 0 Å². The van der Waals surface area contributed by atoms with Gasteiger partial charge in [0.1, 0.15) is 0 Å². The zero-order chi connectivity index (χ0) is 19.6. The van der Waals surface area contributed by atoms with E-state index in [0.29, 0.717) is 22.8 Å². The molecule has 0 aliphatic carbocycles. The number of rotatable bonds is 6. The highest BCUT2D eigenvalue weighted by atomic mass is 16.5. The first-order valence-corrected chi connectivity index (χ1v) is 8.57. The predicted molar refractivity (Wildman–Crippen MR) is 98.2 cm³/mol. The average Bonchev–Trinajstić information content (AvgIpc) is 3.16. The Hall–Kier alpha value is -2.80. The summed E-state index contributed by atoms with van der Waals surface area (Å²) in [7, 11) is 6.09. The molecule has 1 fully saturated rings. The van der Waals surface area contributed by atoms with Gasteiger partial charge in [-0.05, 0) is 48.2 Å². The number of phenolic OH excluding ortho intramolecular Hbond substituents is 2. The number of ether oxygens (including phenoxy) is 5. The summed E-state index contributed by atoms with van der Waals surface area (Å²) in [5, 5.41) is 20.0. The van der Waals surface area contributed by atoms with Gasteiger partial charge in [0, 0.05) is 0 Å². The molecule has 1 aliphatic heterocycles. The van der Waals surface area contributed by atoms with E-state index in [0.717, 1.165) is 18.4 Å².